The van der Waals surface area contributed by atoms with Crippen molar-refractivity contribution in [2.75, 3.05) is 18.5 Å². The second-order valence-electron chi connectivity index (χ2n) is 6.14. The molecule has 0 aliphatic carbocycles. The number of rotatable bonds is 9. The highest BCUT2D eigenvalue weighted by Gasteiger charge is 2.16. The number of hydrogen-bond acceptors (Lipinski definition) is 6. The molecule has 0 saturated heterocycles. The first-order chi connectivity index (χ1) is 14.0. The van der Waals surface area contributed by atoms with Crippen molar-refractivity contribution in [1.29, 1.82) is 0 Å². The summed E-state index contributed by atoms with van der Waals surface area (Å²) in [5.74, 6) is -0.110. The Bertz CT molecular complexity index is 818. The van der Waals surface area contributed by atoms with Gasteiger partial charge in [-0.05, 0) is 36.8 Å². The van der Waals surface area contributed by atoms with Crippen LogP contribution in [-0.4, -0.2) is 35.5 Å². The highest BCUT2D eigenvalue weighted by atomic mass is 16.6. The number of nitrogens with one attached hydrogen (secondary N) is 2. The van der Waals surface area contributed by atoms with Crippen LogP contribution in [0, 0.1) is 6.92 Å². The molecule has 0 aliphatic rings. The number of hydroxylamine groups is 1. The molecular weight excluding hydrogens is 376 g/mol. The number of aliphatic hydroxyl groups excluding tert-OH is 1. The molecule has 0 aromatic heterocycles. The lowest BCUT2D eigenvalue weighted by Gasteiger charge is -2.18. The van der Waals surface area contributed by atoms with E-state index in [4.69, 9.17) is 19.8 Å². The van der Waals surface area contributed by atoms with Gasteiger partial charge < -0.3 is 14.6 Å². The highest BCUT2D eigenvalue weighted by molar-refractivity contribution is 5.86. The number of amides is 2. The molecule has 29 heavy (non-hydrogen) atoms. The summed E-state index contributed by atoms with van der Waals surface area (Å²) in [5, 5.41) is 20.1. The van der Waals surface area contributed by atoms with Gasteiger partial charge in [-0.2, -0.15) is 0 Å². The monoisotopic (exact) mass is 400 g/mol. The van der Waals surface area contributed by atoms with Crippen LogP contribution < -0.4 is 15.5 Å². The number of ether oxygens (including phenoxy) is 2. The molecule has 8 nitrogen and oxygen atoms in total. The van der Waals surface area contributed by atoms with Crippen LogP contribution in [0.5, 0.6) is 5.75 Å². The zero-order valence-corrected chi connectivity index (χ0v) is 16.0. The maximum absolute atomic E-state index is 12.3. The first kappa shape index (κ1) is 21.9. The Morgan fingerprint density at radius 1 is 1.10 bits per heavy atom. The molecule has 1 atom stereocenters. The predicted octanol–water partition coefficient (Wildman–Crippen LogP) is 3.11. The van der Waals surface area contributed by atoms with Gasteiger partial charge in [0, 0.05) is 18.2 Å². The molecule has 0 radical (unpaired) electrons. The lowest BCUT2D eigenvalue weighted by Crippen LogP contribution is -2.18. The van der Waals surface area contributed by atoms with Crippen molar-refractivity contribution in [1.82, 2.24) is 5.48 Å². The van der Waals surface area contributed by atoms with Gasteiger partial charge in [-0.1, -0.05) is 35.9 Å². The molecular formula is C21H24N2O6. The largest absolute Gasteiger partial charge is 0.491 e. The van der Waals surface area contributed by atoms with Crippen LogP contribution in [0.2, 0.25) is 0 Å². The van der Waals surface area contributed by atoms with Gasteiger partial charge in [-0.25, -0.2) is 10.3 Å². The molecule has 2 aromatic carbocycles. The molecule has 4 N–H and O–H groups in total. The molecule has 154 valence electrons. The minimum Gasteiger partial charge on any atom is -0.491 e. The lowest BCUT2D eigenvalue weighted by atomic mass is 10.1. The highest BCUT2D eigenvalue weighted by Crippen LogP contribution is 2.25. The van der Waals surface area contributed by atoms with Crippen molar-refractivity contribution in [2.24, 2.45) is 0 Å². The average molecular weight is 400 g/mol. The van der Waals surface area contributed by atoms with E-state index in [1.54, 1.807) is 36.4 Å². The van der Waals surface area contributed by atoms with E-state index in [0.29, 0.717) is 17.0 Å². The molecule has 2 amide bonds. The molecule has 0 heterocycles. The number of anilines is 1. The maximum Gasteiger partial charge on any atom is 0.412 e. The number of aryl methyl sites for hydroxylation is 1. The quantitative estimate of drug-likeness (QED) is 0.292. The van der Waals surface area contributed by atoms with Crippen LogP contribution >= 0.6 is 0 Å². The Morgan fingerprint density at radius 2 is 1.79 bits per heavy atom. The van der Waals surface area contributed by atoms with Gasteiger partial charge in [0.15, 0.2) is 0 Å². The number of aliphatic hydroxyl groups is 1. The summed E-state index contributed by atoms with van der Waals surface area (Å²) < 4.78 is 10.9. The van der Waals surface area contributed by atoms with Gasteiger partial charge in [0.1, 0.15) is 18.5 Å². The van der Waals surface area contributed by atoms with Crippen molar-refractivity contribution in [3.8, 4) is 5.75 Å². The number of carbonyl (C=O) groups is 2. The zero-order chi connectivity index (χ0) is 21.1. The van der Waals surface area contributed by atoms with Gasteiger partial charge in [-0.15, -0.1) is 0 Å². The van der Waals surface area contributed by atoms with E-state index in [1.165, 1.54) is 11.6 Å². The normalized spacial score (nSPS) is 11.7. The van der Waals surface area contributed by atoms with Gasteiger partial charge in [0.25, 0.3) is 5.91 Å². The predicted molar refractivity (Wildman–Crippen MR) is 107 cm³/mol. The molecule has 0 aliphatic heterocycles. The first-order valence-electron chi connectivity index (χ1n) is 9.00. The summed E-state index contributed by atoms with van der Waals surface area (Å²) in [6.07, 6.45) is 1.54. The average Bonchev–Trinajstić information content (AvgIpc) is 2.73. The Labute approximate surface area is 168 Å². The van der Waals surface area contributed by atoms with Gasteiger partial charge in [0.2, 0.25) is 0 Å². The summed E-state index contributed by atoms with van der Waals surface area (Å²) in [7, 11) is 0. The van der Waals surface area contributed by atoms with Gasteiger partial charge in [-0.3, -0.25) is 15.3 Å². The minimum atomic E-state index is -0.680. The van der Waals surface area contributed by atoms with Crippen molar-refractivity contribution in [3.63, 3.8) is 0 Å². The molecule has 8 heteroatoms. The van der Waals surface area contributed by atoms with Crippen LogP contribution in [-0.2, 0) is 9.53 Å². The SMILES string of the molecule is Cc1ccc(NC(=O)O[C@H](C/C=C/C(=O)NO)c2ccc(OCCO)cc2)cc1. The van der Waals surface area contributed by atoms with E-state index in [-0.39, 0.29) is 19.6 Å². The number of carbonyl (C=O) groups excluding carboxylic acids is 2. The van der Waals surface area contributed by atoms with Crippen LogP contribution in [0.15, 0.2) is 60.7 Å². The molecule has 2 aromatic rings. The Kier molecular flexibility index (Phi) is 8.68. The van der Waals surface area contributed by atoms with Crippen molar-refractivity contribution in [3.05, 3.63) is 71.8 Å². The summed E-state index contributed by atoms with van der Waals surface area (Å²) in [6, 6.07) is 14.1. The van der Waals surface area contributed by atoms with Gasteiger partial charge in [0.05, 0.1) is 6.61 Å². The molecule has 2 rings (SSSR count). The third kappa shape index (κ3) is 7.65. The first-order valence-corrected chi connectivity index (χ1v) is 9.00. The summed E-state index contributed by atoms with van der Waals surface area (Å²) in [4.78, 5) is 23.5. The number of benzene rings is 2. The Hall–Kier alpha value is -3.36. The Morgan fingerprint density at radius 3 is 2.41 bits per heavy atom. The second-order valence-corrected chi connectivity index (χ2v) is 6.14. The number of hydrogen-bond donors (Lipinski definition) is 4. The van der Waals surface area contributed by atoms with Crippen LogP contribution in [0.3, 0.4) is 0 Å². The fraction of sp³-hybridized carbons (Fsp3) is 0.238. The van der Waals surface area contributed by atoms with E-state index >= 15 is 0 Å². The molecule has 0 spiro atoms. The third-order valence-electron chi connectivity index (χ3n) is 3.89. The fourth-order valence-electron chi connectivity index (χ4n) is 2.44. The van der Waals surface area contributed by atoms with E-state index in [0.717, 1.165) is 11.6 Å². The van der Waals surface area contributed by atoms with Crippen molar-refractivity contribution < 1.29 is 29.4 Å². The van der Waals surface area contributed by atoms with Gasteiger partial charge >= 0.3 is 6.09 Å². The Balaban J connectivity index is 2.08. The van der Waals surface area contributed by atoms with E-state index < -0.39 is 18.1 Å². The van der Waals surface area contributed by atoms with Crippen molar-refractivity contribution in [2.45, 2.75) is 19.4 Å². The lowest BCUT2D eigenvalue weighted by molar-refractivity contribution is -0.124. The third-order valence-corrected chi connectivity index (χ3v) is 3.89. The molecule has 0 unspecified atom stereocenters. The molecule has 0 saturated carbocycles. The molecule has 0 fully saturated rings. The van der Waals surface area contributed by atoms with E-state index in [2.05, 4.69) is 5.32 Å². The maximum atomic E-state index is 12.3. The minimum absolute atomic E-state index is 0.0929. The zero-order valence-electron chi connectivity index (χ0n) is 16.0. The van der Waals surface area contributed by atoms with Crippen molar-refractivity contribution >= 4 is 17.7 Å². The van der Waals surface area contributed by atoms with Crippen LogP contribution in [0.25, 0.3) is 0 Å². The smallest absolute Gasteiger partial charge is 0.412 e. The summed E-state index contributed by atoms with van der Waals surface area (Å²) in [5.41, 5.74) is 3.86. The summed E-state index contributed by atoms with van der Waals surface area (Å²) in [6.45, 7) is 2.03. The van der Waals surface area contributed by atoms with E-state index in [9.17, 15) is 9.59 Å². The second kappa shape index (κ2) is 11.5. The van der Waals surface area contributed by atoms with Crippen LogP contribution in [0.4, 0.5) is 10.5 Å². The standard InChI is InChI=1S/C21H24N2O6/c1-15-5-9-17(10-6-15)22-21(26)29-19(3-2-4-20(25)23-27)16-7-11-18(12-8-16)28-14-13-24/h2,4-12,19,24,27H,3,13-14H2,1H3,(H,22,26)(H,23,25)/b4-2+/t19-/m1/s1. The van der Waals surface area contributed by atoms with Crippen LogP contribution in [0.1, 0.15) is 23.7 Å². The van der Waals surface area contributed by atoms with E-state index in [1.807, 2.05) is 19.1 Å². The fourth-order valence-corrected chi connectivity index (χ4v) is 2.44. The molecule has 0 bridgehead atoms. The topological polar surface area (TPSA) is 117 Å². The summed E-state index contributed by atoms with van der Waals surface area (Å²) >= 11 is 0.